The van der Waals surface area contributed by atoms with E-state index in [0.29, 0.717) is 41.1 Å². The number of aryl methyl sites for hydroxylation is 1. The molecule has 0 amide bonds. The molecule has 1 aliphatic heterocycles. The molecule has 0 N–H and O–H groups in total. The predicted octanol–water partition coefficient (Wildman–Crippen LogP) is 3.83. The summed E-state index contributed by atoms with van der Waals surface area (Å²) in [6, 6.07) is 17.9. The molecule has 160 valence electrons. The molecule has 0 spiro atoms. The number of rotatable bonds is 4. The van der Waals surface area contributed by atoms with Gasteiger partial charge in [-0.15, -0.1) is 0 Å². The second-order valence-corrected chi connectivity index (χ2v) is 8.36. The highest BCUT2D eigenvalue weighted by Gasteiger charge is 2.23. The van der Waals surface area contributed by atoms with Crippen molar-refractivity contribution < 1.29 is 4.74 Å². The summed E-state index contributed by atoms with van der Waals surface area (Å²) in [6.45, 7) is 3.72. The Morgan fingerprint density at radius 1 is 0.938 bits per heavy atom. The van der Waals surface area contributed by atoms with E-state index in [-0.39, 0.29) is 11.7 Å². The largest absolute Gasteiger partial charge is 0.376 e. The second kappa shape index (κ2) is 7.53. The molecule has 3 aromatic heterocycles. The molecule has 4 heterocycles. The maximum Gasteiger partial charge on any atom is 0.265 e. The Hall–Kier alpha value is -3.58. The molecule has 1 saturated heterocycles. The summed E-state index contributed by atoms with van der Waals surface area (Å²) in [6.07, 6.45) is 2.04. The number of fused-ring (bicyclic) bond motifs is 4. The monoisotopic (exact) mass is 425 g/mol. The number of benzene rings is 2. The SMILES string of the molecule is Cc1nc2c(c(=O)n1CC1CCCO1)c1nc3ccccc3nc1n2Cc1ccccc1. The van der Waals surface area contributed by atoms with Crippen molar-refractivity contribution in [3.8, 4) is 0 Å². The average molecular weight is 425 g/mol. The third-order valence-electron chi connectivity index (χ3n) is 6.23. The third kappa shape index (κ3) is 3.08. The summed E-state index contributed by atoms with van der Waals surface area (Å²) in [5, 5.41) is 0.526. The highest BCUT2D eigenvalue weighted by atomic mass is 16.5. The molecule has 0 radical (unpaired) electrons. The van der Waals surface area contributed by atoms with E-state index in [0.717, 1.165) is 36.0 Å². The number of hydrogen-bond donors (Lipinski definition) is 0. The Bertz CT molecular complexity index is 1510. The van der Waals surface area contributed by atoms with Gasteiger partial charge in [0.05, 0.1) is 30.2 Å². The fraction of sp³-hybridized carbons (Fsp3) is 0.280. The van der Waals surface area contributed by atoms with Gasteiger partial charge in [-0.3, -0.25) is 9.36 Å². The van der Waals surface area contributed by atoms with Gasteiger partial charge in [-0.2, -0.15) is 0 Å². The Labute approximate surface area is 184 Å². The fourth-order valence-electron chi connectivity index (χ4n) is 4.62. The van der Waals surface area contributed by atoms with Gasteiger partial charge in [-0.25, -0.2) is 15.0 Å². The molecule has 6 rings (SSSR count). The minimum Gasteiger partial charge on any atom is -0.376 e. The van der Waals surface area contributed by atoms with Crippen molar-refractivity contribution in [2.45, 2.75) is 39.0 Å². The van der Waals surface area contributed by atoms with Crippen molar-refractivity contribution in [1.29, 1.82) is 0 Å². The van der Waals surface area contributed by atoms with E-state index in [9.17, 15) is 4.79 Å². The van der Waals surface area contributed by atoms with Crippen molar-refractivity contribution >= 4 is 33.2 Å². The average Bonchev–Trinajstić information content (AvgIpc) is 3.42. The van der Waals surface area contributed by atoms with E-state index in [1.54, 1.807) is 4.57 Å². The number of aromatic nitrogens is 5. The van der Waals surface area contributed by atoms with Crippen molar-refractivity contribution in [3.63, 3.8) is 0 Å². The molecule has 0 aliphatic carbocycles. The smallest absolute Gasteiger partial charge is 0.265 e. The summed E-state index contributed by atoms with van der Waals surface area (Å²) in [7, 11) is 0. The maximum atomic E-state index is 13.7. The highest BCUT2D eigenvalue weighted by Crippen LogP contribution is 2.26. The summed E-state index contributed by atoms with van der Waals surface area (Å²) in [5.74, 6) is 0.680. The van der Waals surface area contributed by atoms with Gasteiger partial charge in [-0.05, 0) is 37.5 Å². The summed E-state index contributed by atoms with van der Waals surface area (Å²) >= 11 is 0. The van der Waals surface area contributed by atoms with E-state index < -0.39 is 0 Å². The van der Waals surface area contributed by atoms with E-state index in [4.69, 9.17) is 19.7 Å². The summed E-state index contributed by atoms with van der Waals surface area (Å²) < 4.78 is 9.54. The van der Waals surface area contributed by atoms with E-state index in [2.05, 4.69) is 12.1 Å². The van der Waals surface area contributed by atoms with Crippen LogP contribution in [0.15, 0.2) is 59.4 Å². The lowest BCUT2D eigenvalue weighted by atomic mass is 10.2. The molecule has 7 nitrogen and oxygen atoms in total. The zero-order chi connectivity index (χ0) is 21.7. The normalized spacial score (nSPS) is 16.5. The summed E-state index contributed by atoms with van der Waals surface area (Å²) in [4.78, 5) is 28.4. The van der Waals surface area contributed by atoms with Crippen molar-refractivity contribution in [2.75, 3.05) is 6.61 Å². The third-order valence-corrected chi connectivity index (χ3v) is 6.23. The predicted molar refractivity (Wildman–Crippen MR) is 124 cm³/mol. The van der Waals surface area contributed by atoms with Crippen molar-refractivity contribution in [1.82, 2.24) is 24.1 Å². The number of hydrogen-bond acceptors (Lipinski definition) is 5. The van der Waals surface area contributed by atoms with Gasteiger partial charge >= 0.3 is 0 Å². The first-order valence-electron chi connectivity index (χ1n) is 11.0. The molecule has 2 aromatic carbocycles. The lowest BCUT2D eigenvalue weighted by molar-refractivity contribution is 0.0955. The van der Waals surface area contributed by atoms with Crippen LogP contribution in [0.1, 0.15) is 24.2 Å². The Morgan fingerprint density at radius 3 is 2.44 bits per heavy atom. The molecule has 5 aromatic rings. The van der Waals surface area contributed by atoms with Gasteiger partial charge < -0.3 is 9.30 Å². The van der Waals surface area contributed by atoms with Crippen molar-refractivity contribution in [2.24, 2.45) is 0 Å². The molecule has 1 aliphatic rings. The van der Waals surface area contributed by atoms with Crippen LogP contribution in [0.5, 0.6) is 0 Å². The fourth-order valence-corrected chi connectivity index (χ4v) is 4.62. The minimum atomic E-state index is -0.0793. The molecular weight excluding hydrogens is 402 g/mol. The van der Waals surface area contributed by atoms with Gasteiger partial charge in [0.25, 0.3) is 5.56 Å². The molecule has 7 heteroatoms. The van der Waals surface area contributed by atoms with Crippen LogP contribution in [0.4, 0.5) is 0 Å². The first-order valence-corrected chi connectivity index (χ1v) is 11.0. The molecule has 32 heavy (non-hydrogen) atoms. The van der Waals surface area contributed by atoms with E-state index >= 15 is 0 Å². The standard InChI is InChI=1S/C25H23N5O2/c1-16-26-23-21(25(31)29(16)15-18-10-7-13-32-18)22-24(28-20-12-6-5-11-19(20)27-22)30(23)14-17-8-3-2-4-9-17/h2-6,8-9,11-12,18H,7,10,13-15H2,1H3. The number of para-hydroxylation sites is 2. The van der Waals surface area contributed by atoms with Gasteiger partial charge in [-0.1, -0.05) is 42.5 Å². The highest BCUT2D eigenvalue weighted by molar-refractivity contribution is 6.04. The van der Waals surface area contributed by atoms with Crippen LogP contribution >= 0.6 is 0 Å². The molecule has 0 bridgehead atoms. The minimum absolute atomic E-state index is 0.0511. The van der Waals surface area contributed by atoms with E-state index in [1.165, 1.54) is 0 Å². The van der Waals surface area contributed by atoms with Crippen LogP contribution < -0.4 is 5.56 Å². The van der Waals surface area contributed by atoms with Crippen LogP contribution in [0.3, 0.4) is 0 Å². The van der Waals surface area contributed by atoms with Gasteiger partial charge in [0.2, 0.25) is 0 Å². The first-order chi connectivity index (χ1) is 15.7. The molecule has 1 fully saturated rings. The van der Waals surface area contributed by atoms with Gasteiger partial charge in [0, 0.05) is 6.61 Å². The maximum absolute atomic E-state index is 13.7. The second-order valence-electron chi connectivity index (χ2n) is 8.36. The molecular formula is C25H23N5O2. The lowest BCUT2D eigenvalue weighted by Gasteiger charge is -2.14. The van der Waals surface area contributed by atoms with Crippen molar-refractivity contribution in [3.05, 3.63) is 76.3 Å². The Morgan fingerprint density at radius 2 is 1.69 bits per heavy atom. The van der Waals surface area contributed by atoms with Gasteiger partial charge in [0.15, 0.2) is 11.3 Å². The Kier molecular flexibility index (Phi) is 4.50. The molecule has 1 atom stereocenters. The quantitative estimate of drug-likeness (QED) is 0.437. The van der Waals surface area contributed by atoms with Crippen LogP contribution in [0, 0.1) is 6.92 Å². The van der Waals surface area contributed by atoms with Gasteiger partial charge in [0.1, 0.15) is 16.7 Å². The lowest BCUT2D eigenvalue weighted by Crippen LogP contribution is -2.29. The van der Waals surface area contributed by atoms with Crippen LogP contribution in [-0.2, 0) is 17.8 Å². The number of nitrogens with zero attached hydrogens (tertiary/aromatic N) is 5. The summed E-state index contributed by atoms with van der Waals surface area (Å²) in [5.41, 5.74) is 4.52. The first kappa shape index (κ1) is 19.1. The number of ether oxygens (including phenoxy) is 1. The zero-order valence-electron chi connectivity index (χ0n) is 17.9. The topological polar surface area (TPSA) is 74.8 Å². The van der Waals surface area contributed by atoms with E-state index in [1.807, 2.05) is 54.0 Å². The van der Waals surface area contributed by atoms with Crippen LogP contribution in [0.25, 0.3) is 33.2 Å². The van der Waals surface area contributed by atoms with Crippen LogP contribution in [0.2, 0.25) is 0 Å². The zero-order valence-corrected chi connectivity index (χ0v) is 17.9. The molecule has 0 saturated carbocycles. The Balaban J connectivity index is 1.65. The molecule has 1 unspecified atom stereocenters. The van der Waals surface area contributed by atoms with Crippen LogP contribution in [-0.4, -0.2) is 36.8 Å².